The molecule has 1 saturated heterocycles. The number of nitrogens with zero attached hydrogens (tertiary/aromatic N) is 1. The van der Waals surface area contributed by atoms with Crippen LogP contribution in [0.3, 0.4) is 0 Å². The maximum absolute atomic E-state index is 5.53. The highest BCUT2D eigenvalue weighted by molar-refractivity contribution is 4.75. The van der Waals surface area contributed by atoms with E-state index in [1.54, 1.807) is 7.11 Å². The molecule has 0 aromatic carbocycles. The van der Waals surface area contributed by atoms with Crippen molar-refractivity contribution in [3.63, 3.8) is 0 Å². The van der Waals surface area contributed by atoms with Gasteiger partial charge in [-0.05, 0) is 13.3 Å². The van der Waals surface area contributed by atoms with Crippen molar-refractivity contribution in [3.8, 4) is 0 Å². The summed E-state index contributed by atoms with van der Waals surface area (Å²) >= 11 is 0. The van der Waals surface area contributed by atoms with E-state index in [9.17, 15) is 0 Å². The minimum absolute atomic E-state index is 0.465. The summed E-state index contributed by atoms with van der Waals surface area (Å²) < 4.78 is 10.5. The van der Waals surface area contributed by atoms with E-state index in [4.69, 9.17) is 9.47 Å². The van der Waals surface area contributed by atoms with Gasteiger partial charge in [0.15, 0.2) is 0 Å². The lowest BCUT2D eigenvalue weighted by Crippen LogP contribution is -2.26. The molecular weight excluding hydrogens is 154 g/mol. The predicted molar refractivity (Wildman–Crippen MR) is 48.3 cm³/mol. The number of hydrogen-bond donors (Lipinski definition) is 0. The Kier molecular flexibility index (Phi) is 4.58. The van der Waals surface area contributed by atoms with Crippen molar-refractivity contribution in [2.75, 3.05) is 40.0 Å². The van der Waals surface area contributed by atoms with E-state index in [-0.39, 0.29) is 0 Å². The second kappa shape index (κ2) is 5.51. The molecule has 1 atom stereocenters. The largest absolute Gasteiger partial charge is 0.383 e. The maximum Gasteiger partial charge on any atom is 0.0714 e. The van der Waals surface area contributed by atoms with Crippen molar-refractivity contribution < 1.29 is 9.47 Å². The fraction of sp³-hybridized carbons (Fsp3) is 1.00. The van der Waals surface area contributed by atoms with E-state index in [1.165, 1.54) is 6.42 Å². The van der Waals surface area contributed by atoms with Crippen LogP contribution in [0.25, 0.3) is 0 Å². The van der Waals surface area contributed by atoms with E-state index >= 15 is 0 Å². The highest BCUT2D eigenvalue weighted by atomic mass is 16.5. The van der Waals surface area contributed by atoms with Crippen LogP contribution in [0, 0.1) is 0 Å². The first-order valence-electron chi connectivity index (χ1n) is 4.69. The van der Waals surface area contributed by atoms with Gasteiger partial charge < -0.3 is 9.47 Å². The Morgan fingerprint density at radius 2 is 2.33 bits per heavy atom. The molecule has 0 bridgehead atoms. The highest BCUT2D eigenvalue weighted by Crippen LogP contribution is 2.11. The maximum atomic E-state index is 5.53. The van der Waals surface area contributed by atoms with Crippen LogP contribution < -0.4 is 0 Å². The van der Waals surface area contributed by atoms with E-state index in [0.29, 0.717) is 6.10 Å². The van der Waals surface area contributed by atoms with Gasteiger partial charge in [-0.15, -0.1) is 0 Å². The van der Waals surface area contributed by atoms with E-state index in [1.807, 2.05) is 0 Å². The molecule has 12 heavy (non-hydrogen) atoms. The van der Waals surface area contributed by atoms with Gasteiger partial charge in [-0.1, -0.05) is 0 Å². The fourth-order valence-electron chi connectivity index (χ4n) is 1.59. The molecule has 0 radical (unpaired) electrons. The second-order valence-electron chi connectivity index (χ2n) is 3.16. The first-order chi connectivity index (χ1) is 5.86. The lowest BCUT2D eigenvalue weighted by atomic mass is 10.3. The second-order valence-corrected chi connectivity index (χ2v) is 3.16. The zero-order chi connectivity index (χ0) is 8.81. The van der Waals surface area contributed by atoms with Crippen molar-refractivity contribution in [2.45, 2.75) is 19.4 Å². The van der Waals surface area contributed by atoms with Gasteiger partial charge in [0.1, 0.15) is 0 Å². The number of rotatable bonds is 5. The van der Waals surface area contributed by atoms with Crippen molar-refractivity contribution in [3.05, 3.63) is 0 Å². The Morgan fingerprint density at radius 3 is 3.00 bits per heavy atom. The fourth-order valence-corrected chi connectivity index (χ4v) is 1.59. The molecule has 3 heteroatoms. The zero-order valence-electron chi connectivity index (χ0n) is 8.08. The van der Waals surface area contributed by atoms with Crippen molar-refractivity contribution in [1.82, 2.24) is 4.90 Å². The van der Waals surface area contributed by atoms with Crippen molar-refractivity contribution in [1.29, 1.82) is 0 Å². The average molecular weight is 173 g/mol. The molecule has 72 valence electrons. The van der Waals surface area contributed by atoms with Crippen LogP contribution in [0.2, 0.25) is 0 Å². The Hall–Kier alpha value is -0.120. The molecule has 0 aromatic rings. The Labute approximate surface area is 74.6 Å². The lowest BCUT2D eigenvalue weighted by Gasteiger charge is -2.14. The molecule has 0 spiro atoms. The standard InChI is InChI=1S/C9H19NO2/c1-3-12-9-4-5-10(8-9)6-7-11-2/h9H,3-8H2,1-2H3/t9-/m0/s1. The number of hydrogen-bond acceptors (Lipinski definition) is 3. The number of likely N-dealkylation sites (tertiary alicyclic amines) is 1. The molecule has 1 rings (SSSR count). The van der Waals surface area contributed by atoms with Gasteiger partial charge in [0.2, 0.25) is 0 Å². The van der Waals surface area contributed by atoms with Crippen LogP contribution in [-0.4, -0.2) is 51.0 Å². The third-order valence-electron chi connectivity index (χ3n) is 2.24. The molecule has 1 aliphatic rings. The normalized spacial score (nSPS) is 25.0. The van der Waals surface area contributed by atoms with Crippen LogP contribution in [0.4, 0.5) is 0 Å². The summed E-state index contributed by atoms with van der Waals surface area (Å²) in [5.41, 5.74) is 0. The monoisotopic (exact) mass is 173 g/mol. The quantitative estimate of drug-likeness (QED) is 0.612. The molecule has 0 aliphatic carbocycles. The molecule has 3 nitrogen and oxygen atoms in total. The molecule has 0 aromatic heterocycles. The van der Waals surface area contributed by atoms with E-state index in [2.05, 4.69) is 11.8 Å². The molecule has 1 aliphatic heterocycles. The third-order valence-corrected chi connectivity index (χ3v) is 2.24. The van der Waals surface area contributed by atoms with E-state index < -0.39 is 0 Å². The lowest BCUT2D eigenvalue weighted by molar-refractivity contribution is 0.0658. The summed E-state index contributed by atoms with van der Waals surface area (Å²) in [6.45, 7) is 7.00. The molecule has 0 amide bonds. The minimum atomic E-state index is 0.465. The van der Waals surface area contributed by atoms with Gasteiger partial charge in [-0.3, -0.25) is 4.90 Å². The summed E-state index contributed by atoms with van der Waals surface area (Å²) in [6.07, 6.45) is 1.64. The van der Waals surface area contributed by atoms with Gasteiger partial charge in [0, 0.05) is 33.4 Å². The Bertz CT molecular complexity index is 119. The third kappa shape index (κ3) is 3.09. The van der Waals surface area contributed by atoms with Crippen LogP contribution in [0.5, 0.6) is 0 Å². The molecule has 0 N–H and O–H groups in total. The summed E-state index contributed by atoms with van der Waals surface area (Å²) in [7, 11) is 1.75. The zero-order valence-corrected chi connectivity index (χ0v) is 8.08. The smallest absolute Gasteiger partial charge is 0.0714 e. The number of ether oxygens (including phenoxy) is 2. The van der Waals surface area contributed by atoms with Gasteiger partial charge >= 0.3 is 0 Å². The van der Waals surface area contributed by atoms with Gasteiger partial charge in [0.25, 0.3) is 0 Å². The van der Waals surface area contributed by atoms with Crippen molar-refractivity contribution in [2.24, 2.45) is 0 Å². The summed E-state index contributed by atoms with van der Waals surface area (Å²) in [6, 6.07) is 0. The number of methoxy groups -OCH3 is 1. The minimum Gasteiger partial charge on any atom is -0.383 e. The first-order valence-corrected chi connectivity index (χ1v) is 4.69. The molecule has 1 heterocycles. The molecule has 1 fully saturated rings. The molecule has 0 saturated carbocycles. The predicted octanol–water partition coefficient (Wildman–Crippen LogP) is 0.744. The molecule has 0 unspecified atom stereocenters. The van der Waals surface area contributed by atoms with Crippen LogP contribution >= 0.6 is 0 Å². The van der Waals surface area contributed by atoms with Crippen LogP contribution in [-0.2, 0) is 9.47 Å². The van der Waals surface area contributed by atoms with Crippen LogP contribution in [0.15, 0.2) is 0 Å². The Morgan fingerprint density at radius 1 is 1.50 bits per heavy atom. The first kappa shape index (κ1) is 9.96. The Balaban J connectivity index is 2.08. The summed E-state index contributed by atoms with van der Waals surface area (Å²) in [5, 5.41) is 0. The van der Waals surface area contributed by atoms with Gasteiger partial charge in [0.05, 0.1) is 12.7 Å². The average Bonchev–Trinajstić information content (AvgIpc) is 2.50. The van der Waals surface area contributed by atoms with Crippen molar-refractivity contribution >= 4 is 0 Å². The SMILES string of the molecule is CCO[C@H]1CCN(CCOC)C1. The summed E-state index contributed by atoms with van der Waals surface area (Å²) in [4.78, 5) is 2.39. The topological polar surface area (TPSA) is 21.7 Å². The van der Waals surface area contributed by atoms with Crippen LogP contribution in [0.1, 0.15) is 13.3 Å². The van der Waals surface area contributed by atoms with E-state index in [0.717, 1.165) is 32.8 Å². The molecular formula is C9H19NO2. The van der Waals surface area contributed by atoms with Gasteiger partial charge in [-0.25, -0.2) is 0 Å². The highest BCUT2D eigenvalue weighted by Gasteiger charge is 2.21. The summed E-state index contributed by atoms with van der Waals surface area (Å²) in [5.74, 6) is 0. The van der Waals surface area contributed by atoms with Gasteiger partial charge in [-0.2, -0.15) is 0 Å².